The van der Waals surface area contributed by atoms with Crippen LogP contribution in [0.1, 0.15) is 41.5 Å². The Bertz CT molecular complexity index is 1090. The lowest BCUT2D eigenvalue weighted by Gasteiger charge is -2.41. The average Bonchev–Trinajstić information content (AvgIpc) is 2.64. The third kappa shape index (κ3) is 2.73. The molecule has 2 aliphatic heterocycles. The first-order valence-electron chi connectivity index (χ1n) is 9.87. The quantitative estimate of drug-likeness (QED) is 0.831. The summed E-state index contributed by atoms with van der Waals surface area (Å²) in [4.78, 5) is 29.0. The number of carboxylic acids is 1. The SMILES string of the molecule is Cc1c(F)c(N2CCN(C)C(C)C2)c2c3c1c(=O)c(C(=O)O)c(C)n3[C@@H](C)CO2. The molecule has 1 saturated heterocycles. The van der Waals surface area contributed by atoms with Crippen LogP contribution in [-0.2, 0) is 0 Å². The van der Waals surface area contributed by atoms with Gasteiger partial charge in [0.25, 0.3) is 0 Å². The maximum absolute atomic E-state index is 15.6. The number of halogens is 1. The van der Waals surface area contributed by atoms with E-state index in [2.05, 4.69) is 11.8 Å². The van der Waals surface area contributed by atoms with E-state index >= 15 is 4.39 Å². The van der Waals surface area contributed by atoms with Gasteiger partial charge >= 0.3 is 5.97 Å². The van der Waals surface area contributed by atoms with Gasteiger partial charge in [0, 0.05) is 36.9 Å². The molecule has 0 aliphatic carbocycles. The van der Waals surface area contributed by atoms with E-state index in [4.69, 9.17) is 4.74 Å². The third-order valence-electron chi connectivity index (χ3n) is 6.40. The number of nitrogens with zero attached hydrogens (tertiary/aromatic N) is 3. The van der Waals surface area contributed by atoms with Gasteiger partial charge in [-0.2, -0.15) is 0 Å². The largest absolute Gasteiger partial charge is 0.487 e. The Morgan fingerprint density at radius 3 is 2.52 bits per heavy atom. The Balaban J connectivity index is 2.10. The minimum atomic E-state index is -1.30. The molecule has 0 spiro atoms. The molecule has 2 atom stereocenters. The predicted molar refractivity (Wildman–Crippen MR) is 109 cm³/mol. The van der Waals surface area contributed by atoms with Crippen molar-refractivity contribution in [2.24, 2.45) is 0 Å². The molecule has 1 unspecified atom stereocenters. The highest BCUT2D eigenvalue weighted by Gasteiger charge is 2.35. The van der Waals surface area contributed by atoms with Crippen LogP contribution in [0.4, 0.5) is 10.1 Å². The number of aryl methyl sites for hydroxylation is 1. The lowest BCUT2D eigenvalue weighted by Crippen LogP contribution is -2.50. The number of aromatic carboxylic acids is 1. The highest BCUT2D eigenvalue weighted by Crippen LogP contribution is 2.44. The molecule has 1 aromatic carbocycles. The smallest absolute Gasteiger partial charge is 0.341 e. The molecule has 0 radical (unpaired) electrons. The van der Waals surface area contributed by atoms with Crippen LogP contribution in [-0.4, -0.2) is 59.9 Å². The second-order valence-corrected chi connectivity index (χ2v) is 8.24. The summed E-state index contributed by atoms with van der Waals surface area (Å²) in [6.45, 7) is 9.52. The number of hydrogen-bond acceptors (Lipinski definition) is 5. The Hall–Kier alpha value is -2.61. The number of ether oxygens (including phenoxy) is 1. The minimum Gasteiger partial charge on any atom is -0.487 e. The molecule has 4 rings (SSSR count). The molecule has 1 fully saturated rings. The summed E-state index contributed by atoms with van der Waals surface area (Å²) in [5.74, 6) is -1.46. The van der Waals surface area contributed by atoms with Crippen LogP contribution in [0.15, 0.2) is 4.79 Å². The van der Waals surface area contributed by atoms with Gasteiger partial charge in [-0.05, 0) is 34.7 Å². The van der Waals surface area contributed by atoms with E-state index in [1.54, 1.807) is 13.8 Å². The Labute approximate surface area is 168 Å². The molecule has 1 N–H and O–H groups in total. The summed E-state index contributed by atoms with van der Waals surface area (Å²) >= 11 is 0. The molecule has 2 aliphatic rings. The van der Waals surface area contributed by atoms with Crippen molar-refractivity contribution in [3.63, 3.8) is 0 Å². The molecule has 3 heterocycles. The number of aromatic nitrogens is 1. The highest BCUT2D eigenvalue weighted by molar-refractivity contribution is 6.00. The van der Waals surface area contributed by atoms with E-state index < -0.39 is 17.2 Å². The standard InChI is InChI=1S/C21H26FN3O4/c1-10-8-24(7-6-23(10)5)18-16(22)12(3)14-17-20(18)29-9-11(2)25(17)13(4)15(19(14)26)21(27)28/h10-11H,6-9H2,1-5H3,(H,27,28)/t10?,11-/m0/s1. The van der Waals surface area contributed by atoms with Gasteiger partial charge in [-0.3, -0.25) is 4.79 Å². The van der Waals surface area contributed by atoms with Crippen molar-refractivity contribution < 1.29 is 19.0 Å². The van der Waals surface area contributed by atoms with Crippen molar-refractivity contribution in [1.82, 2.24) is 9.47 Å². The van der Waals surface area contributed by atoms with Gasteiger partial charge in [-0.1, -0.05) is 0 Å². The van der Waals surface area contributed by atoms with Gasteiger partial charge in [-0.15, -0.1) is 0 Å². The molecule has 8 heteroatoms. The molecular weight excluding hydrogens is 377 g/mol. The monoisotopic (exact) mass is 403 g/mol. The van der Waals surface area contributed by atoms with Gasteiger partial charge in [0.15, 0.2) is 11.6 Å². The number of carbonyl (C=O) groups is 1. The minimum absolute atomic E-state index is 0.0953. The number of carboxylic acid groups (broad SMARTS) is 1. The molecule has 0 bridgehead atoms. The summed E-state index contributed by atoms with van der Waals surface area (Å²) in [5, 5.41) is 9.72. The van der Waals surface area contributed by atoms with Crippen LogP contribution in [0.25, 0.3) is 10.9 Å². The van der Waals surface area contributed by atoms with E-state index in [-0.39, 0.29) is 35.2 Å². The fraction of sp³-hybridized carbons (Fsp3) is 0.524. The number of pyridine rings is 1. The zero-order valence-corrected chi connectivity index (χ0v) is 17.4. The van der Waals surface area contributed by atoms with E-state index in [1.165, 1.54) is 0 Å². The summed E-state index contributed by atoms with van der Waals surface area (Å²) in [7, 11) is 2.04. The average molecular weight is 403 g/mol. The number of hydrogen-bond donors (Lipinski definition) is 1. The maximum atomic E-state index is 15.6. The molecule has 0 saturated carbocycles. The molecule has 7 nitrogen and oxygen atoms in total. The zero-order chi connectivity index (χ0) is 21.2. The predicted octanol–water partition coefficient (Wildman–Crippen LogP) is 2.55. The van der Waals surface area contributed by atoms with E-state index in [1.807, 2.05) is 23.4 Å². The number of benzene rings is 1. The molecule has 1 aromatic heterocycles. The van der Waals surface area contributed by atoms with Crippen LogP contribution < -0.4 is 15.1 Å². The highest BCUT2D eigenvalue weighted by atomic mass is 19.1. The topological polar surface area (TPSA) is 75.0 Å². The van der Waals surface area contributed by atoms with E-state index in [0.717, 1.165) is 6.54 Å². The Morgan fingerprint density at radius 1 is 1.21 bits per heavy atom. The Kier molecular flexibility index (Phi) is 4.57. The Morgan fingerprint density at radius 2 is 1.90 bits per heavy atom. The number of piperazine rings is 1. The summed E-state index contributed by atoms with van der Waals surface area (Å²) in [5.41, 5.74) is 0.449. The van der Waals surface area contributed by atoms with Gasteiger partial charge in [0.05, 0.1) is 16.9 Å². The normalized spacial score (nSPS) is 22.1. The number of anilines is 1. The number of rotatable bonds is 2. The van der Waals surface area contributed by atoms with Gasteiger partial charge < -0.3 is 24.2 Å². The second kappa shape index (κ2) is 6.73. The zero-order valence-electron chi connectivity index (χ0n) is 17.4. The lowest BCUT2D eigenvalue weighted by atomic mass is 9.98. The molecule has 2 aromatic rings. The van der Waals surface area contributed by atoms with Crippen LogP contribution in [0, 0.1) is 19.7 Å². The fourth-order valence-electron chi connectivity index (χ4n) is 4.63. The molecular formula is C21H26FN3O4. The van der Waals surface area contributed by atoms with E-state index in [0.29, 0.717) is 35.7 Å². The molecule has 0 amide bonds. The van der Waals surface area contributed by atoms with Crippen molar-refractivity contribution in [3.05, 3.63) is 32.9 Å². The van der Waals surface area contributed by atoms with Crippen molar-refractivity contribution >= 4 is 22.6 Å². The van der Waals surface area contributed by atoms with Crippen molar-refractivity contribution in [2.75, 3.05) is 38.2 Å². The maximum Gasteiger partial charge on any atom is 0.341 e. The lowest BCUT2D eigenvalue weighted by molar-refractivity contribution is 0.0693. The third-order valence-corrected chi connectivity index (χ3v) is 6.40. The first-order valence-corrected chi connectivity index (χ1v) is 9.87. The van der Waals surface area contributed by atoms with Gasteiger partial charge in [-0.25, -0.2) is 9.18 Å². The van der Waals surface area contributed by atoms with Crippen molar-refractivity contribution in [2.45, 2.75) is 39.8 Å². The fourth-order valence-corrected chi connectivity index (χ4v) is 4.63. The second-order valence-electron chi connectivity index (χ2n) is 8.24. The van der Waals surface area contributed by atoms with Crippen molar-refractivity contribution in [3.8, 4) is 5.75 Å². The van der Waals surface area contributed by atoms with Crippen LogP contribution >= 0.6 is 0 Å². The summed E-state index contributed by atoms with van der Waals surface area (Å²) < 4.78 is 23.4. The van der Waals surface area contributed by atoms with E-state index in [9.17, 15) is 14.7 Å². The summed E-state index contributed by atoms with van der Waals surface area (Å²) in [6.07, 6.45) is 0. The van der Waals surface area contributed by atoms with Gasteiger partial charge in [0.2, 0.25) is 5.43 Å². The number of likely N-dealkylation sites (N-methyl/N-ethyl adjacent to an activating group) is 1. The van der Waals surface area contributed by atoms with Crippen LogP contribution in [0.3, 0.4) is 0 Å². The van der Waals surface area contributed by atoms with Crippen LogP contribution in [0.5, 0.6) is 5.75 Å². The summed E-state index contributed by atoms with van der Waals surface area (Å²) in [6, 6.07) is 0.0695. The molecule has 29 heavy (non-hydrogen) atoms. The first kappa shape index (κ1) is 19.7. The molecule has 156 valence electrons. The van der Waals surface area contributed by atoms with Crippen LogP contribution in [0.2, 0.25) is 0 Å². The van der Waals surface area contributed by atoms with Gasteiger partial charge in [0.1, 0.15) is 17.9 Å². The van der Waals surface area contributed by atoms with Crippen molar-refractivity contribution in [1.29, 1.82) is 0 Å². The first-order chi connectivity index (χ1) is 13.6.